The zero-order chi connectivity index (χ0) is 24.5. The van der Waals surface area contributed by atoms with Crippen molar-refractivity contribution in [3.8, 4) is 11.4 Å². The van der Waals surface area contributed by atoms with Gasteiger partial charge in [-0.15, -0.1) is 10.2 Å². The Morgan fingerprint density at radius 1 is 1.06 bits per heavy atom. The molecule has 0 unspecified atom stereocenters. The third-order valence-corrected chi connectivity index (χ3v) is 6.14. The van der Waals surface area contributed by atoms with E-state index in [1.165, 1.54) is 12.4 Å². The molecule has 0 saturated carbocycles. The normalized spacial score (nSPS) is 14.5. The summed E-state index contributed by atoms with van der Waals surface area (Å²) in [5.41, 5.74) is 4.73. The fourth-order valence-electron chi connectivity index (χ4n) is 4.32. The van der Waals surface area contributed by atoms with Gasteiger partial charge in [0.2, 0.25) is 5.82 Å². The van der Waals surface area contributed by atoms with Crippen molar-refractivity contribution in [2.24, 2.45) is 0 Å². The highest BCUT2D eigenvalue weighted by atomic mass is 16.5. The lowest BCUT2D eigenvalue weighted by molar-refractivity contribution is 0.0931. The molecule has 3 N–H and O–H groups in total. The number of tetrazole rings is 1. The number of nitrogens with zero attached hydrogens (tertiary/aromatic N) is 6. The number of benzene rings is 2. The smallest absolute Gasteiger partial charge is 0.270 e. The second kappa shape index (κ2) is 8.98. The SMILES string of the molecule is O=C(NCc1ccc2cnoc2c1)c1cc(C(=O)N[C@@H]2CCc3cc(-c4nn[nH]n4)ccc32)ncn1. The molecule has 0 spiro atoms. The summed E-state index contributed by atoms with van der Waals surface area (Å²) in [6.45, 7) is 0.270. The van der Waals surface area contributed by atoms with Gasteiger partial charge in [0, 0.05) is 23.6 Å². The lowest BCUT2D eigenvalue weighted by Gasteiger charge is -2.14. The number of aromatic amines is 1. The van der Waals surface area contributed by atoms with E-state index in [1.807, 2.05) is 36.4 Å². The zero-order valence-electron chi connectivity index (χ0n) is 18.8. The summed E-state index contributed by atoms with van der Waals surface area (Å²) in [4.78, 5) is 33.7. The molecule has 2 amide bonds. The minimum absolute atomic E-state index is 0.104. The number of hydrogen-bond donors (Lipinski definition) is 3. The number of H-pyrrole nitrogens is 1. The van der Waals surface area contributed by atoms with E-state index in [1.54, 1.807) is 6.20 Å². The number of carbonyl (C=O) groups excluding carboxylic acids is 2. The molecule has 3 aromatic heterocycles. The first kappa shape index (κ1) is 21.5. The third kappa shape index (κ3) is 4.15. The van der Waals surface area contributed by atoms with Crippen molar-refractivity contribution in [3.05, 3.63) is 83.1 Å². The number of rotatable bonds is 6. The molecule has 1 aliphatic rings. The summed E-state index contributed by atoms with van der Waals surface area (Å²) in [5.74, 6) is -0.262. The molecule has 12 heteroatoms. The fraction of sp³-hybridized carbons (Fsp3) is 0.167. The molecule has 0 radical (unpaired) electrons. The van der Waals surface area contributed by atoms with Crippen molar-refractivity contribution in [2.75, 3.05) is 0 Å². The van der Waals surface area contributed by atoms with Crippen LogP contribution in [0.5, 0.6) is 0 Å². The average molecular weight is 481 g/mol. The maximum absolute atomic E-state index is 12.9. The molecule has 2 aromatic carbocycles. The topological polar surface area (TPSA) is 164 Å². The first-order valence-corrected chi connectivity index (χ1v) is 11.2. The van der Waals surface area contributed by atoms with Crippen molar-refractivity contribution in [1.29, 1.82) is 0 Å². The van der Waals surface area contributed by atoms with Crippen LogP contribution in [0.3, 0.4) is 0 Å². The van der Waals surface area contributed by atoms with Gasteiger partial charge in [0.25, 0.3) is 11.8 Å². The van der Waals surface area contributed by atoms with Crippen LogP contribution in [0, 0.1) is 0 Å². The van der Waals surface area contributed by atoms with Crippen LogP contribution in [-0.4, -0.2) is 47.6 Å². The van der Waals surface area contributed by atoms with Crippen LogP contribution in [0.15, 0.2) is 59.5 Å². The van der Waals surface area contributed by atoms with Gasteiger partial charge in [0.05, 0.1) is 12.2 Å². The Morgan fingerprint density at radius 2 is 1.94 bits per heavy atom. The second-order valence-electron chi connectivity index (χ2n) is 8.38. The van der Waals surface area contributed by atoms with Gasteiger partial charge in [-0.3, -0.25) is 9.59 Å². The van der Waals surface area contributed by atoms with Crippen molar-refractivity contribution in [3.63, 3.8) is 0 Å². The molecule has 178 valence electrons. The highest BCUT2D eigenvalue weighted by Gasteiger charge is 2.26. The third-order valence-electron chi connectivity index (χ3n) is 6.14. The minimum atomic E-state index is -0.413. The van der Waals surface area contributed by atoms with Gasteiger partial charge in [-0.05, 0) is 52.9 Å². The van der Waals surface area contributed by atoms with E-state index in [9.17, 15) is 9.59 Å². The van der Waals surface area contributed by atoms with Gasteiger partial charge in [-0.25, -0.2) is 9.97 Å². The maximum atomic E-state index is 12.9. The minimum Gasteiger partial charge on any atom is -0.356 e. The number of aromatic nitrogens is 7. The number of fused-ring (bicyclic) bond motifs is 2. The molecule has 3 heterocycles. The number of aryl methyl sites for hydroxylation is 1. The Hall–Kier alpha value is -5.00. The molecule has 0 aliphatic heterocycles. The van der Waals surface area contributed by atoms with E-state index in [0.717, 1.165) is 40.5 Å². The molecule has 36 heavy (non-hydrogen) atoms. The van der Waals surface area contributed by atoms with Crippen LogP contribution in [0.25, 0.3) is 22.4 Å². The predicted octanol–water partition coefficient (Wildman–Crippen LogP) is 2.15. The van der Waals surface area contributed by atoms with Crippen molar-refractivity contribution in [2.45, 2.75) is 25.4 Å². The first-order valence-electron chi connectivity index (χ1n) is 11.2. The quantitative estimate of drug-likeness (QED) is 0.329. The predicted molar refractivity (Wildman–Crippen MR) is 125 cm³/mol. The number of amides is 2. The molecule has 0 fully saturated rings. The van der Waals surface area contributed by atoms with Gasteiger partial charge in [-0.2, -0.15) is 5.21 Å². The van der Waals surface area contributed by atoms with E-state index < -0.39 is 5.91 Å². The molecular formula is C24H19N9O3. The van der Waals surface area contributed by atoms with Crippen LogP contribution in [0.1, 0.15) is 50.1 Å². The first-order chi connectivity index (χ1) is 17.6. The van der Waals surface area contributed by atoms with Crippen LogP contribution in [-0.2, 0) is 13.0 Å². The lowest BCUT2D eigenvalue weighted by Crippen LogP contribution is -2.29. The van der Waals surface area contributed by atoms with E-state index in [-0.39, 0.29) is 29.9 Å². The molecule has 6 rings (SSSR count). The maximum Gasteiger partial charge on any atom is 0.270 e. The second-order valence-corrected chi connectivity index (χ2v) is 8.38. The fourth-order valence-corrected chi connectivity index (χ4v) is 4.32. The van der Waals surface area contributed by atoms with Gasteiger partial charge in [0.1, 0.15) is 17.7 Å². The summed E-state index contributed by atoms with van der Waals surface area (Å²) in [6, 6.07) is 12.7. The Kier molecular flexibility index (Phi) is 5.37. The molecule has 1 atom stereocenters. The Bertz CT molecular complexity index is 1580. The van der Waals surface area contributed by atoms with Crippen LogP contribution in [0.2, 0.25) is 0 Å². The largest absolute Gasteiger partial charge is 0.356 e. The summed E-state index contributed by atoms with van der Waals surface area (Å²) in [7, 11) is 0. The van der Waals surface area contributed by atoms with Crippen molar-refractivity contribution < 1.29 is 14.1 Å². The molecule has 5 aromatic rings. The Morgan fingerprint density at radius 3 is 2.81 bits per heavy atom. The molecule has 0 bridgehead atoms. The van der Waals surface area contributed by atoms with Crippen LogP contribution in [0.4, 0.5) is 0 Å². The van der Waals surface area contributed by atoms with Crippen molar-refractivity contribution in [1.82, 2.24) is 46.4 Å². The summed E-state index contributed by atoms with van der Waals surface area (Å²) in [6.07, 6.45) is 4.40. The summed E-state index contributed by atoms with van der Waals surface area (Å²) >= 11 is 0. The van der Waals surface area contributed by atoms with Crippen LogP contribution >= 0.6 is 0 Å². The number of nitrogens with one attached hydrogen (secondary N) is 3. The Balaban J connectivity index is 1.11. The van der Waals surface area contributed by atoms with Crippen LogP contribution < -0.4 is 10.6 Å². The molecular weight excluding hydrogens is 462 g/mol. The van der Waals surface area contributed by atoms with Gasteiger partial charge in [0.15, 0.2) is 5.58 Å². The zero-order valence-corrected chi connectivity index (χ0v) is 18.8. The van der Waals surface area contributed by atoms with Crippen molar-refractivity contribution >= 4 is 22.8 Å². The molecule has 12 nitrogen and oxygen atoms in total. The average Bonchev–Trinajstić information content (AvgIpc) is 3.68. The monoisotopic (exact) mass is 481 g/mol. The number of hydrogen-bond acceptors (Lipinski definition) is 9. The van der Waals surface area contributed by atoms with Gasteiger partial charge in [-0.1, -0.05) is 23.4 Å². The van der Waals surface area contributed by atoms with E-state index in [0.29, 0.717) is 11.4 Å². The lowest BCUT2D eigenvalue weighted by atomic mass is 10.0. The molecule has 1 aliphatic carbocycles. The van der Waals surface area contributed by atoms with Gasteiger partial charge >= 0.3 is 0 Å². The van der Waals surface area contributed by atoms with E-state index >= 15 is 0 Å². The highest BCUT2D eigenvalue weighted by molar-refractivity contribution is 5.97. The Labute approximate surface area is 203 Å². The van der Waals surface area contributed by atoms with E-state index in [2.05, 4.69) is 46.4 Å². The molecule has 0 saturated heterocycles. The number of carbonyl (C=O) groups is 2. The summed E-state index contributed by atoms with van der Waals surface area (Å²) < 4.78 is 5.15. The van der Waals surface area contributed by atoms with Gasteiger partial charge < -0.3 is 15.2 Å². The van der Waals surface area contributed by atoms with E-state index in [4.69, 9.17) is 4.52 Å². The highest BCUT2D eigenvalue weighted by Crippen LogP contribution is 2.33. The standard InChI is InChI=1S/C24H19N9O3/c34-23(25-10-13-1-2-16-11-28-36-21(16)7-13)19-9-20(27-12-26-19)24(35)29-18-6-4-14-8-15(3-5-17(14)18)22-30-32-33-31-22/h1-3,5,7-9,11-12,18H,4,6,10H2,(H,25,34)(H,29,35)(H,30,31,32,33)/t18-/m1/s1. The summed E-state index contributed by atoms with van der Waals surface area (Å²) in [5, 5.41) is 24.5.